The van der Waals surface area contributed by atoms with Crippen LogP contribution in [-0.2, 0) is 0 Å². The average molecular weight is 408 g/mol. The third kappa shape index (κ3) is 4.67. The quantitative estimate of drug-likeness (QED) is 0.314. The maximum atomic E-state index is 4.90. The van der Waals surface area contributed by atoms with Gasteiger partial charge >= 0.3 is 0 Å². The molecule has 0 atom stereocenters. The van der Waals surface area contributed by atoms with E-state index in [1.54, 1.807) is 0 Å². The summed E-state index contributed by atoms with van der Waals surface area (Å²) in [6.45, 7) is 0. The lowest BCUT2D eigenvalue weighted by Crippen LogP contribution is -2.20. The number of para-hydroxylation sites is 1. The molecule has 0 spiro atoms. The van der Waals surface area contributed by atoms with E-state index in [-0.39, 0.29) is 0 Å². The Hall–Kier alpha value is -3.22. The second-order valence-corrected chi connectivity index (χ2v) is 9.42. The minimum Gasteiger partial charge on any atom is -0.378 e. The van der Waals surface area contributed by atoms with Crippen molar-refractivity contribution < 1.29 is 0 Å². The van der Waals surface area contributed by atoms with Crippen LogP contribution in [0.1, 0.15) is 5.56 Å². The van der Waals surface area contributed by atoms with Crippen molar-refractivity contribution in [1.82, 2.24) is 0 Å². The Morgan fingerprint density at radius 3 is 1.73 bits per heavy atom. The largest absolute Gasteiger partial charge is 0.378 e. The van der Waals surface area contributed by atoms with E-state index in [9.17, 15) is 0 Å². The maximum absolute atomic E-state index is 4.90. The molecule has 0 amide bonds. The number of nitrogens with zero attached hydrogens (tertiary/aromatic N) is 2. The predicted molar refractivity (Wildman–Crippen MR) is 133 cm³/mol. The molecule has 0 aliphatic heterocycles. The van der Waals surface area contributed by atoms with Crippen LogP contribution < -0.4 is 20.8 Å². The molecule has 30 heavy (non-hydrogen) atoms. The van der Waals surface area contributed by atoms with E-state index >= 15 is 0 Å². The first-order chi connectivity index (χ1) is 14.7. The van der Waals surface area contributed by atoms with Crippen molar-refractivity contribution in [2.45, 2.75) is 0 Å². The van der Waals surface area contributed by atoms with E-state index in [1.807, 2.05) is 6.21 Å². The van der Waals surface area contributed by atoms with E-state index in [0.29, 0.717) is 0 Å². The van der Waals surface area contributed by atoms with Crippen LogP contribution >= 0.6 is 7.92 Å². The summed E-state index contributed by atoms with van der Waals surface area (Å²) in [7, 11) is 3.42. The van der Waals surface area contributed by atoms with Crippen molar-refractivity contribution in [3.8, 4) is 0 Å². The maximum Gasteiger partial charge on any atom is 0.0713 e. The van der Waals surface area contributed by atoms with Crippen LogP contribution in [0.25, 0.3) is 0 Å². The Labute approximate surface area is 180 Å². The summed E-state index contributed by atoms with van der Waals surface area (Å²) in [4.78, 5) is 7.00. The molecule has 4 rings (SSSR count). The summed E-state index contributed by atoms with van der Waals surface area (Å²) < 4.78 is 0. The lowest BCUT2D eigenvalue weighted by atomic mass is 10.2. The molecule has 0 saturated carbocycles. The zero-order valence-electron chi connectivity index (χ0n) is 17.3. The molecule has 0 fully saturated rings. The molecule has 0 N–H and O–H groups in total. The summed E-state index contributed by atoms with van der Waals surface area (Å²) in [5.41, 5.74) is 3.30. The number of rotatable bonds is 6. The molecule has 148 valence electrons. The van der Waals surface area contributed by atoms with Gasteiger partial charge in [0.25, 0.3) is 0 Å². The lowest BCUT2D eigenvalue weighted by Gasteiger charge is -2.20. The summed E-state index contributed by atoms with van der Waals surface area (Å²) in [6, 6.07) is 38.5. The highest BCUT2D eigenvalue weighted by molar-refractivity contribution is 7.80. The van der Waals surface area contributed by atoms with Gasteiger partial charge in [0.2, 0.25) is 0 Å². The Morgan fingerprint density at radius 2 is 1.17 bits per heavy atom. The van der Waals surface area contributed by atoms with E-state index in [0.717, 1.165) is 11.3 Å². The lowest BCUT2D eigenvalue weighted by molar-refractivity contribution is 1.13. The molecule has 0 saturated heterocycles. The molecule has 0 bridgehead atoms. The molecule has 0 radical (unpaired) electrons. The van der Waals surface area contributed by atoms with Gasteiger partial charge in [-0.25, -0.2) is 0 Å². The smallest absolute Gasteiger partial charge is 0.0713 e. The molecule has 4 aromatic rings. The van der Waals surface area contributed by atoms with Gasteiger partial charge in [0, 0.05) is 31.3 Å². The number of hydrogen-bond donors (Lipinski definition) is 0. The van der Waals surface area contributed by atoms with Gasteiger partial charge in [-0.1, -0.05) is 91.0 Å². The molecule has 3 heteroatoms. The SMILES string of the molecule is CN(C)c1ccc(C=Nc2ccccc2P(c2ccccc2)c2ccccc2)cc1. The van der Waals surface area contributed by atoms with Gasteiger partial charge < -0.3 is 4.90 Å². The third-order valence-electron chi connectivity index (χ3n) is 4.91. The van der Waals surface area contributed by atoms with E-state index in [2.05, 4.69) is 128 Å². The molecular weight excluding hydrogens is 383 g/mol. The fourth-order valence-electron chi connectivity index (χ4n) is 3.35. The van der Waals surface area contributed by atoms with Gasteiger partial charge in [0.1, 0.15) is 0 Å². The first-order valence-corrected chi connectivity index (χ1v) is 11.4. The van der Waals surface area contributed by atoms with Crippen LogP contribution in [0.15, 0.2) is 114 Å². The van der Waals surface area contributed by atoms with Gasteiger partial charge in [0.05, 0.1) is 5.69 Å². The Morgan fingerprint density at radius 1 is 0.633 bits per heavy atom. The molecule has 0 aromatic heterocycles. The summed E-state index contributed by atoms with van der Waals surface area (Å²) in [6.07, 6.45) is 1.96. The minimum atomic E-state index is -0.681. The predicted octanol–water partition coefficient (Wildman–Crippen LogP) is 5.26. The monoisotopic (exact) mass is 408 g/mol. The topological polar surface area (TPSA) is 15.6 Å². The van der Waals surface area contributed by atoms with Crippen molar-refractivity contribution >= 4 is 41.4 Å². The second kappa shape index (κ2) is 9.52. The Kier molecular flexibility index (Phi) is 6.37. The summed E-state index contributed by atoms with van der Waals surface area (Å²) in [5, 5.41) is 3.93. The highest BCUT2D eigenvalue weighted by atomic mass is 31.1. The van der Waals surface area contributed by atoms with Crippen LogP contribution in [0.3, 0.4) is 0 Å². The number of aliphatic imine (C=N–C) groups is 1. The average Bonchev–Trinajstić information content (AvgIpc) is 2.80. The Balaban J connectivity index is 1.73. The molecular formula is C27H25N2P. The number of hydrogen-bond acceptors (Lipinski definition) is 2. The van der Waals surface area contributed by atoms with Gasteiger partial charge in [-0.15, -0.1) is 0 Å². The van der Waals surface area contributed by atoms with Crippen molar-refractivity contribution in [2.24, 2.45) is 4.99 Å². The molecule has 2 nitrogen and oxygen atoms in total. The molecule has 4 aromatic carbocycles. The fourth-order valence-corrected chi connectivity index (χ4v) is 5.74. The fraction of sp³-hybridized carbons (Fsp3) is 0.0741. The van der Waals surface area contributed by atoms with E-state index in [4.69, 9.17) is 4.99 Å². The van der Waals surface area contributed by atoms with Crippen molar-refractivity contribution in [3.05, 3.63) is 115 Å². The van der Waals surface area contributed by atoms with Crippen molar-refractivity contribution in [3.63, 3.8) is 0 Å². The molecule has 0 aliphatic carbocycles. The van der Waals surface area contributed by atoms with E-state index in [1.165, 1.54) is 21.6 Å². The first kappa shape index (κ1) is 20.1. The van der Waals surface area contributed by atoms with Crippen LogP contribution in [0.2, 0.25) is 0 Å². The Bertz CT molecular complexity index is 1060. The third-order valence-corrected chi connectivity index (χ3v) is 7.40. The van der Waals surface area contributed by atoms with Gasteiger partial charge in [-0.2, -0.15) is 0 Å². The van der Waals surface area contributed by atoms with Crippen LogP contribution in [0.4, 0.5) is 11.4 Å². The first-order valence-electron chi connectivity index (χ1n) is 10.0. The normalized spacial score (nSPS) is 11.2. The number of anilines is 1. The highest BCUT2D eigenvalue weighted by Gasteiger charge is 2.18. The van der Waals surface area contributed by atoms with Gasteiger partial charge in [-0.3, -0.25) is 4.99 Å². The molecule has 0 unspecified atom stereocenters. The van der Waals surface area contributed by atoms with E-state index < -0.39 is 7.92 Å². The van der Waals surface area contributed by atoms with Crippen molar-refractivity contribution in [2.75, 3.05) is 19.0 Å². The van der Waals surface area contributed by atoms with Crippen LogP contribution in [0, 0.1) is 0 Å². The highest BCUT2D eigenvalue weighted by Crippen LogP contribution is 2.36. The number of benzene rings is 4. The minimum absolute atomic E-state index is 0.681. The van der Waals surface area contributed by atoms with Gasteiger partial charge in [-0.05, 0) is 42.3 Å². The molecule has 0 aliphatic rings. The van der Waals surface area contributed by atoms with Crippen molar-refractivity contribution in [1.29, 1.82) is 0 Å². The van der Waals surface area contributed by atoms with Gasteiger partial charge in [0.15, 0.2) is 0 Å². The standard InChI is InChI=1S/C27H25N2P/c1-29(2)23-19-17-22(18-20-23)21-28-26-15-9-10-16-27(26)30(24-11-5-3-6-12-24)25-13-7-4-8-14-25/h3-21H,1-2H3. The zero-order chi connectivity index (χ0) is 20.8. The zero-order valence-corrected chi connectivity index (χ0v) is 18.2. The molecule has 0 heterocycles. The van der Waals surface area contributed by atoms with Crippen LogP contribution in [-0.4, -0.2) is 20.3 Å². The summed E-state index contributed by atoms with van der Waals surface area (Å²) >= 11 is 0. The van der Waals surface area contributed by atoms with Crippen LogP contribution in [0.5, 0.6) is 0 Å². The second-order valence-electron chi connectivity index (χ2n) is 7.24. The summed E-state index contributed by atoms with van der Waals surface area (Å²) in [5.74, 6) is 0.